The van der Waals surface area contributed by atoms with Crippen LogP contribution in [-0.4, -0.2) is 36.3 Å². The number of furan rings is 1. The molecule has 2 aromatic rings. The molecule has 1 spiro atoms. The third kappa shape index (κ3) is 3.55. The van der Waals surface area contributed by atoms with Crippen LogP contribution in [0.1, 0.15) is 71.7 Å². The maximum absolute atomic E-state index is 12.9. The third-order valence-corrected chi connectivity index (χ3v) is 7.42. The van der Waals surface area contributed by atoms with Crippen molar-refractivity contribution >= 4 is 11.8 Å². The van der Waals surface area contributed by atoms with Crippen LogP contribution in [0.4, 0.5) is 0 Å². The lowest BCUT2D eigenvalue weighted by Gasteiger charge is -2.40. The zero-order valence-corrected chi connectivity index (χ0v) is 17.7. The first-order valence-corrected chi connectivity index (χ1v) is 11.3. The van der Waals surface area contributed by atoms with E-state index in [-0.39, 0.29) is 23.1 Å². The van der Waals surface area contributed by atoms with E-state index < -0.39 is 0 Å². The monoisotopic (exact) mass is 406 g/mol. The molecule has 1 aliphatic heterocycles. The average molecular weight is 407 g/mol. The first kappa shape index (κ1) is 19.4. The Morgan fingerprint density at radius 1 is 1.17 bits per heavy atom. The lowest BCUT2D eigenvalue weighted by atomic mass is 9.73. The molecule has 1 N–H and O–H groups in total. The van der Waals surface area contributed by atoms with Gasteiger partial charge >= 0.3 is 0 Å². The molecule has 1 saturated heterocycles. The third-order valence-electron chi connectivity index (χ3n) is 7.42. The summed E-state index contributed by atoms with van der Waals surface area (Å²) in [6, 6.07) is 10.4. The van der Waals surface area contributed by atoms with Gasteiger partial charge in [0.05, 0.1) is 11.8 Å². The van der Waals surface area contributed by atoms with E-state index in [2.05, 4.69) is 29.6 Å². The number of fused-ring (bicyclic) bond motifs is 2. The molecule has 2 amide bonds. The van der Waals surface area contributed by atoms with Crippen LogP contribution in [-0.2, 0) is 10.2 Å². The summed E-state index contributed by atoms with van der Waals surface area (Å²) in [6.07, 6.45) is 7.57. The number of carbonyl (C=O) groups is 2. The minimum Gasteiger partial charge on any atom is -0.469 e. The summed E-state index contributed by atoms with van der Waals surface area (Å²) in [6.45, 7) is 4.17. The summed E-state index contributed by atoms with van der Waals surface area (Å²) in [5, 5.41) is 3.14. The molecule has 2 aliphatic carbocycles. The highest BCUT2D eigenvalue weighted by Crippen LogP contribution is 2.52. The smallest absolute Gasteiger partial charge is 0.257 e. The molecule has 158 valence electrons. The average Bonchev–Trinajstić information content (AvgIpc) is 3.43. The van der Waals surface area contributed by atoms with E-state index >= 15 is 0 Å². The first-order chi connectivity index (χ1) is 14.6. The fourth-order valence-corrected chi connectivity index (χ4v) is 5.47. The van der Waals surface area contributed by atoms with Crippen LogP contribution < -0.4 is 5.32 Å². The van der Waals surface area contributed by atoms with Crippen molar-refractivity contribution in [2.45, 2.75) is 56.8 Å². The summed E-state index contributed by atoms with van der Waals surface area (Å²) >= 11 is 0. The largest absolute Gasteiger partial charge is 0.469 e. The maximum atomic E-state index is 12.9. The Labute approximate surface area is 177 Å². The van der Waals surface area contributed by atoms with E-state index in [9.17, 15) is 9.59 Å². The van der Waals surface area contributed by atoms with Crippen LogP contribution in [0.5, 0.6) is 0 Å². The minimum atomic E-state index is 0.0679. The fraction of sp³-hybridized carbons (Fsp3) is 0.520. The van der Waals surface area contributed by atoms with E-state index in [4.69, 9.17) is 4.42 Å². The maximum Gasteiger partial charge on any atom is 0.257 e. The molecule has 0 radical (unpaired) electrons. The van der Waals surface area contributed by atoms with Crippen molar-refractivity contribution in [3.63, 3.8) is 0 Å². The standard InChI is InChI=1S/C25H30N2O3/c1-17-20(8-13-30-17)24(29)27-11-9-25(10-12-27)15-19(21-4-2-3-5-22(21)25)14-23(28)26-16-18-6-7-18/h2-5,8,13,18-19H,6-7,9-12,14-16H2,1H3,(H,26,28). The number of hydrogen-bond donors (Lipinski definition) is 1. The van der Waals surface area contributed by atoms with Gasteiger partial charge in [0.2, 0.25) is 5.91 Å². The topological polar surface area (TPSA) is 62.6 Å². The van der Waals surface area contributed by atoms with E-state index in [0.717, 1.165) is 38.9 Å². The molecule has 2 heterocycles. The Morgan fingerprint density at radius 3 is 2.63 bits per heavy atom. The Morgan fingerprint density at radius 2 is 1.93 bits per heavy atom. The van der Waals surface area contributed by atoms with Gasteiger partial charge in [-0.15, -0.1) is 0 Å². The SMILES string of the molecule is Cc1occc1C(=O)N1CCC2(CC1)CC(CC(=O)NCC1CC1)c1ccccc12. The molecule has 30 heavy (non-hydrogen) atoms. The number of nitrogens with one attached hydrogen (secondary N) is 1. The van der Waals surface area contributed by atoms with Crippen LogP contribution >= 0.6 is 0 Å². The van der Waals surface area contributed by atoms with Gasteiger partial charge in [-0.25, -0.2) is 0 Å². The molecule has 1 unspecified atom stereocenters. The van der Waals surface area contributed by atoms with Crippen molar-refractivity contribution in [1.82, 2.24) is 10.2 Å². The summed E-state index contributed by atoms with van der Waals surface area (Å²) in [7, 11) is 0. The van der Waals surface area contributed by atoms with Crippen molar-refractivity contribution in [3.8, 4) is 0 Å². The highest BCUT2D eigenvalue weighted by Gasteiger charge is 2.46. The number of likely N-dealkylation sites (tertiary alicyclic amines) is 1. The molecule has 1 aromatic heterocycles. The fourth-order valence-electron chi connectivity index (χ4n) is 5.47. The second-order valence-corrected chi connectivity index (χ2v) is 9.40. The van der Waals surface area contributed by atoms with Crippen LogP contribution in [0, 0.1) is 12.8 Å². The van der Waals surface area contributed by atoms with E-state index in [1.54, 1.807) is 12.3 Å². The van der Waals surface area contributed by atoms with Gasteiger partial charge in [0.25, 0.3) is 5.91 Å². The zero-order chi connectivity index (χ0) is 20.7. The van der Waals surface area contributed by atoms with Crippen molar-refractivity contribution in [1.29, 1.82) is 0 Å². The van der Waals surface area contributed by atoms with Crippen molar-refractivity contribution < 1.29 is 14.0 Å². The van der Waals surface area contributed by atoms with E-state index in [1.165, 1.54) is 24.0 Å². The number of benzene rings is 1. The molecular weight excluding hydrogens is 376 g/mol. The number of nitrogens with zero attached hydrogens (tertiary/aromatic N) is 1. The molecule has 1 aromatic carbocycles. The Kier molecular flexibility index (Phi) is 4.92. The van der Waals surface area contributed by atoms with Crippen LogP contribution in [0.3, 0.4) is 0 Å². The van der Waals surface area contributed by atoms with Crippen LogP contribution in [0.25, 0.3) is 0 Å². The number of aryl methyl sites for hydroxylation is 1. The summed E-state index contributed by atoms with van der Waals surface area (Å²) < 4.78 is 5.32. The molecule has 3 aliphatic rings. The van der Waals surface area contributed by atoms with Gasteiger partial charge in [0, 0.05) is 26.1 Å². The van der Waals surface area contributed by atoms with Gasteiger partial charge in [0.15, 0.2) is 0 Å². The molecule has 5 rings (SSSR count). The number of rotatable bonds is 5. The van der Waals surface area contributed by atoms with E-state index in [0.29, 0.717) is 23.7 Å². The molecule has 5 nitrogen and oxygen atoms in total. The Hall–Kier alpha value is -2.56. The number of amides is 2. The first-order valence-electron chi connectivity index (χ1n) is 11.3. The second-order valence-electron chi connectivity index (χ2n) is 9.40. The van der Waals surface area contributed by atoms with Crippen LogP contribution in [0.15, 0.2) is 41.0 Å². The number of piperidine rings is 1. The molecule has 2 fully saturated rings. The molecule has 0 bridgehead atoms. The normalized spacial score (nSPS) is 22.2. The Bertz CT molecular complexity index is 951. The van der Waals surface area contributed by atoms with Crippen molar-refractivity contribution in [3.05, 3.63) is 59.0 Å². The molecule has 1 saturated carbocycles. The molecule has 1 atom stereocenters. The highest BCUT2D eigenvalue weighted by atomic mass is 16.3. The lowest BCUT2D eigenvalue weighted by Crippen LogP contribution is -2.44. The minimum absolute atomic E-state index is 0.0679. The predicted octanol–water partition coefficient (Wildman–Crippen LogP) is 4.17. The lowest BCUT2D eigenvalue weighted by molar-refractivity contribution is -0.121. The quantitative estimate of drug-likeness (QED) is 0.811. The van der Waals surface area contributed by atoms with Gasteiger partial charge < -0.3 is 14.6 Å². The zero-order valence-electron chi connectivity index (χ0n) is 17.7. The van der Waals surface area contributed by atoms with Gasteiger partial charge in [-0.1, -0.05) is 24.3 Å². The van der Waals surface area contributed by atoms with Gasteiger partial charge in [0.1, 0.15) is 5.76 Å². The van der Waals surface area contributed by atoms with Gasteiger partial charge in [-0.05, 0) is 73.5 Å². The highest BCUT2D eigenvalue weighted by molar-refractivity contribution is 5.95. The number of carbonyl (C=O) groups excluding carboxylic acids is 2. The van der Waals surface area contributed by atoms with Gasteiger partial charge in [-0.3, -0.25) is 9.59 Å². The van der Waals surface area contributed by atoms with Crippen molar-refractivity contribution in [2.75, 3.05) is 19.6 Å². The predicted molar refractivity (Wildman–Crippen MR) is 114 cm³/mol. The Balaban J connectivity index is 1.28. The molecular formula is C25H30N2O3. The van der Waals surface area contributed by atoms with Gasteiger partial charge in [-0.2, -0.15) is 0 Å². The summed E-state index contributed by atoms with van der Waals surface area (Å²) in [4.78, 5) is 27.4. The van der Waals surface area contributed by atoms with Crippen molar-refractivity contribution in [2.24, 2.45) is 5.92 Å². The summed E-state index contributed by atoms with van der Waals surface area (Å²) in [5.41, 5.74) is 3.49. The number of hydrogen-bond acceptors (Lipinski definition) is 3. The second kappa shape index (κ2) is 7.60. The van der Waals surface area contributed by atoms with Crippen LogP contribution in [0.2, 0.25) is 0 Å². The summed E-state index contributed by atoms with van der Waals surface area (Å²) in [5.74, 6) is 1.92. The van der Waals surface area contributed by atoms with E-state index in [1.807, 2.05) is 11.8 Å². The molecule has 5 heteroatoms.